The monoisotopic (exact) mass is 251 g/mol. The number of benzene rings is 2. The van der Waals surface area contributed by atoms with Gasteiger partial charge in [-0.3, -0.25) is 4.90 Å². The van der Waals surface area contributed by atoms with Crippen LogP contribution in [0.25, 0.3) is 0 Å². The van der Waals surface area contributed by atoms with Gasteiger partial charge in [0.15, 0.2) is 0 Å². The molecule has 0 radical (unpaired) electrons. The number of hydrogen-bond acceptors (Lipinski definition) is 1. The zero-order valence-electron chi connectivity index (χ0n) is 11.5. The summed E-state index contributed by atoms with van der Waals surface area (Å²) in [5.74, 6) is 0.712. The smallest absolute Gasteiger partial charge is 0.0233 e. The highest BCUT2D eigenvalue weighted by Gasteiger charge is 2.23. The van der Waals surface area contributed by atoms with Crippen LogP contribution in [0, 0.1) is 6.92 Å². The Kier molecular flexibility index (Phi) is 3.65. The molecular formula is C18H21N. The fraction of sp³-hybridized carbons (Fsp3) is 0.333. The first-order chi connectivity index (χ1) is 9.31. The van der Waals surface area contributed by atoms with Crippen molar-refractivity contribution in [3.8, 4) is 0 Å². The molecule has 1 saturated heterocycles. The Labute approximate surface area is 115 Å². The standard InChI is InChI=1S/C18H21N/c1-15-6-5-9-17(12-15)18-10-11-19(14-18)13-16-7-3-2-4-8-16/h2-9,12,18H,10-11,13-14H2,1H3. The van der Waals surface area contributed by atoms with Crippen LogP contribution < -0.4 is 0 Å². The highest BCUT2D eigenvalue weighted by atomic mass is 15.1. The second-order valence-electron chi connectivity index (χ2n) is 5.62. The van der Waals surface area contributed by atoms with E-state index in [1.165, 1.54) is 36.2 Å². The van der Waals surface area contributed by atoms with Crippen LogP contribution in [0.4, 0.5) is 0 Å². The number of hydrogen-bond donors (Lipinski definition) is 0. The van der Waals surface area contributed by atoms with Crippen molar-refractivity contribution in [1.29, 1.82) is 0 Å². The first kappa shape index (κ1) is 12.4. The van der Waals surface area contributed by atoms with Crippen LogP contribution in [0.5, 0.6) is 0 Å². The van der Waals surface area contributed by atoms with Crippen molar-refractivity contribution in [3.05, 3.63) is 71.3 Å². The van der Waals surface area contributed by atoms with Crippen molar-refractivity contribution < 1.29 is 0 Å². The SMILES string of the molecule is Cc1cccc(C2CCN(Cc3ccccc3)C2)c1. The van der Waals surface area contributed by atoms with Crippen LogP contribution in [0.2, 0.25) is 0 Å². The third-order valence-electron chi connectivity index (χ3n) is 4.03. The first-order valence-corrected chi connectivity index (χ1v) is 7.14. The molecule has 98 valence electrons. The molecule has 0 aliphatic carbocycles. The van der Waals surface area contributed by atoms with Crippen molar-refractivity contribution in [3.63, 3.8) is 0 Å². The lowest BCUT2D eigenvalue weighted by Gasteiger charge is -2.16. The Hall–Kier alpha value is -1.60. The molecule has 0 spiro atoms. The van der Waals surface area contributed by atoms with Crippen molar-refractivity contribution in [1.82, 2.24) is 4.90 Å². The molecule has 1 aliphatic rings. The minimum atomic E-state index is 0.712. The number of likely N-dealkylation sites (tertiary alicyclic amines) is 1. The van der Waals surface area contributed by atoms with Gasteiger partial charge in [-0.15, -0.1) is 0 Å². The van der Waals surface area contributed by atoms with Gasteiger partial charge in [-0.2, -0.15) is 0 Å². The molecule has 3 rings (SSSR count). The van der Waals surface area contributed by atoms with E-state index < -0.39 is 0 Å². The molecule has 1 fully saturated rings. The van der Waals surface area contributed by atoms with Gasteiger partial charge in [0.05, 0.1) is 0 Å². The second kappa shape index (κ2) is 5.58. The van der Waals surface area contributed by atoms with E-state index in [2.05, 4.69) is 66.4 Å². The van der Waals surface area contributed by atoms with E-state index in [0.29, 0.717) is 5.92 Å². The molecule has 1 atom stereocenters. The Bertz CT molecular complexity index is 532. The van der Waals surface area contributed by atoms with Gasteiger partial charge in [0.1, 0.15) is 0 Å². The largest absolute Gasteiger partial charge is 0.298 e. The van der Waals surface area contributed by atoms with Crippen LogP contribution in [-0.4, -0.2) is 18.0 Å². The molecular weight excluding hydrogens is 230 g/mol. The molecule has 0 saturated carbocycles. The summed E-state index contributed by atoms with van der Waals surface area (Å²) >= 11 is 0. The highest BCUT2D eigenvalue weighted by Crippen LogP contribution is 2.28. The predicted molar refractivity (Wildman–Crippen MR) is 80.3 cm³/mol. The highest BCUT2D eigenvalue weighted by molar-refractivity contribution is 5.26. The van der Waals surface area contributed by atoms with Crippen LogP contribution in [-0.2, 0) is 6.54 Å². The third-order valence-corrected chi connectivity index (χ3v) is 4.03. The number of rotatable bonds is 3. The van der Waals surface area contributed by atoms with Gasteiger partial charge in [-0.25, -0.2) is 0 Å². The maximum Gasteiger partial charge on any atom is 0.0233 e. The van der Waals surface area contributed by atoms with Gasteiger partial charge < -0.3 is 0 Å². The van der Waals surface area contributed by atoms with Crippen molar-refractivity contribution in [2.75, 3.05) is 13.1 Å². The lowest BCUT2D eigenvalue weighted by Crippen LogP contribution is -2.19. The molecule has 0 aromatic heterocycles. The summed E-state index contributed by atoms with van der Waals surface area (Å²) in [6.45, 7) is 5.68. The zero-order valence-corrected chi connectivity index (χ0v) is 11.5. The fourth-order valence-electron chi connectivity index (χ4n) is 3.01. The van der Waals surface area contributed by atoms with Crippen LogP contribution >= 0.6 is 0 Å². The molecule has 1 unspecified atom stereocenters. The Morgan fingerprint density at radius 2 is 1.89 bits per heavy atom. The summed E-state index contributed by atoms with van der Waals surface area (Å²) < 4.78 is 0. The molecule has 0 bridgehead atoms. The Morgan fingerprint density at radius 1 is 1.05 bits per heavy atom. The fourth-order valence-corrected chi connectivity index (χ4v) is 3.01. The van der Waals surface area contributed by atoms with Crippen molar-refractivity contribution in [2.24, 2.45) is 0 Å². The van der Waals surface area contributed by atoms with Gasteiger partial charge in [0, 0.05) is 13.1 Å². The maximum absolute atomic E-state index is 2.57. The maximum atomic E-state index is 2.57. The zero-order chi connectivity index (χ0) is 13.1. The Morgan fingerprint density at radius 3 is 2.68 bits per heavy atom. The molecule has 1 heteroatoms. The van der Waals surface area contributed by atoms with E-state index in [9.17, 15) is 0 Å². The van der Waals surface area contributed by atoms with E-state index in [0.717, 1.165) is 6.54 Å². The minimum Gasteiger partial charge on any atom is -0.298 e. The van der Waals surface area contributed by atoms with Gasteiger partial charge in [0.2, 0.25) is 0 Å². The molecule has 2 aromatic carbocycles. The van der Waals surface area contributed by atoms with Crippen molar-refractivity contribution >= 4 is 0 Å². The van der Waals surface area contributed by atoms with Gasteiger partial charge >= 0.3 is 0 Å². The minimum absolute atomic E-state index is 0.712. The topological polar surface area (TPSA) is 3.24 Å². The lowest BCUT2D eigenvalue weighted by atomic mass is 9.97. The lowest BCUT2D eigenvalue weighted by molar-refractivity contribution is 0.327. The predicted octanol–water partition coefficient (Wildman–Crippen LogP) is 3.98. The summed E-state index contributed by atoms with van der Waals surface area (Å²) in [5.41, 5.74) is 4.31. The summed E-state index contributed by atoms with van der Waals surface area (Å²) in [5, 5.41) is 0. The van der Waals surface area contributed by atoms with E-state index >= 15 is 0 Å². The summed E-state index contributed by atoms with van der Waals surface area (Å²) in [6.07, 6.45) is 1.29. The third kappa shape index (κ3) is 3.05. The van der Waals surface area contributed by atoms with Gasteiger partial charge in [-0.05, 0) is 36.9 Å². The molecule has 19 heavy (non-hydrogen) atoms. The van der Waals surface area contributed by atoms with E-state index in [4.69, 9.17) is 0 Å². The number of nitrogens with zero attached hydrogens (tertiary/aromatic N) is 1. The average molecular weight is 251 g/mol. The first-order valence-electron chi connectivity index (χ1n) is 7.14. The average Bonchev–Trinajstić information content (AvgIpc) is 2.88. The molecule has 1 nitrogen and oxygen atoms in total. The summed E-state index contributed by atoms with van der Waals surface area (Å²) in [4.78, 5) is 2.57. The second-order valence-corrected chi connectivity index (χ2v) is 5.62. The van der Waals surface area contributed by atoms with E-state index in [-0.39, 0.29) is 0 Å². The van der Waals surface area contributed by atoms with Crippen LogP contribution in [0.3, 0.4) is 0 Å². The molecule has 0 N–H and O–H groups in total. The number of aryl methyl sites for hydroxylation is 1. The quantitative estimate of drug-likeness (QED) is 0.797. The molecule has 2 aromatic rings. The molecule has 0 amide bonds. The summed E-state index contributed by atoms with van der Waals surface area (Å²) in [6, 6.07) is 19.8. The van der Waals surface area contributed by atoms with Gasteiger partial charge in [-0.1, -0.05) is 60.2 Å². The van der Waals surface area contributed by atoms with Crippen LogP contribution in [0.15, 0.2) is 54.6 Å². The summed E-state index contributed by atoms with van der Waals surface area (Å²) in [7, 11) is 0. The Balaban J connectivity index is 1.64. The van der Waals surface area contributed by atoms with E-state index in [1.807, 2.05) is 0 Å². The molecule has 1 aliphatic heterocycles. The van der Waals surface area contributed by atoms with Crippen LogP contribution in [0.1, 0.15) is 29.0 Å². The van der Waals surface area contributed by atoms with E-state index in [1.54, 1.807) is 0 Å². The van der Waals surface area contributed by atoms with Gasteiger partial charge in [0.25, 0.3) is 0 Å². The van der Waals surface area contributed by atoms with Crippen molar-refractivity contribution in [2.45, 2.75) is 25.8 Å². The molecule has 1 heterocycles. The normalized spacial score (nSPS) is 19.7.